The average molecular weight is 401 g/mol. The van der Waals surface area contributed by atoms with E-state index in [2.05, 4.69) is 16.3 Å². The number of anilines is 2. The Bertz CT molecular complexity index is 767. The lowest BCUT2D eigenvalue weighted by Crippen LogP contribution is -2.50. The van der Waals surface area contributed by atoms with Crippen LogP contribution < -0.4 is 10.2 Å². The first-order valence-electron chi connectivity index (χ1n) is 10.3. The van der Waals surface area contributed by atoms with Gasteiger partial charge in [0.2, 0.25) is 5.91 Å². The molecule has 1 aromatic carbocycles. The van der Waals surface area contributed by atoms with Gasteiger partial charge < -0.3 is 19.9 Å². The summed E-state index contributed by atoms with van der Waals surface area (Å²) in [5.74, 6) is -0.0428. The highest BCUT2D eigenvalue weighted by molar-refractivity contribution is 5.93. The molecule has 29 heavy (non-hydrogen) atoms. The summed E-state index contributed by atoms with van der Waals surface area (Å²) in [5.41, 5.74) is 1.45. The molecule has 0 spiro atoms. The molecular formula is C22H32N4O3. The summed E-state index contributed by atoms with van der Waals surface area (Å²) in [6.45, 7) is 11.8. The minimum absolute atomic E-state index is 0.0161. The number of rotatable bonds is 5. The number of ether oxygens (including phenoxy) is 1. The summed E-state index contributed by atoms with van der Waals surface area (Å²) in [4.78, 5) is 28.3. The second-order valence-corrected chi connectivity index (χ2v) is 8.30. The Morgan fingerprint density at radius 2 is 1.79 bits per heavy atom. The number of hydrogen-bond acceptors (Lipinski definition) is 5. The predicted octanol–water partition coefficient (Wildman–Crippen LogP) is 3.99. The summed E-state index contributed by atoms with van der Waals surface area (Å²) in [7, 11) is 0. The standard InChI is InChI=1S/C22H32N4O3/c1-6-16(7-2)20(27)24-18-8-9-19(17(14-18)15-23)25-10-12-26(13-11-25)21(28)29-22(3,4)5/h8-9,14,16H,6-7,10-13H2,1-5H3,(H,24,27). The topological polar surface area (TPSA) is 85.7 Å². The van der Waals surface area contributed by atoms with Gasteiger partial charge in [-0.15, -0.1) is 0 Å². The van der Waals surface area contributed by atoms with Crippen LogP contribution in [0.5, 0.6) is 0 Å². The van der Waals surface area contributed by atoms with E-state index in [4.69, 9.17) is 4.74 Å². The fourth-order valence-corrected chi connectivity index (χ4v) is 3.34. The van der Waals surface area contributed by atoms with Crippen molar-refractivity contribution in [3.63, 3.8) is 0 Å². The molecule has 1 aromatic rings. The van der Waals surface area contributed by atoms with Gasteiger partial charge in [0, 0.05) is 37.8 Å². The molecule has 1 N–H and O–H groups in total. The van der Waals surface area contributed by atoms with Gasteiger partial charge in [-0.2, -0.15) is 5.26 Å². The lowest BCUT2D eigenvalue weighted by molar-refractivity contribution is -0.120. The maximum atomic E-state index is 12.3. The molecule has 1 aliphatic heterocycles. The van der Waals surface area contributed by atoms with Crippen molar-refractivity contribution < 1.29 is 14.3 Å². The zero-order valence-corrected chi connectivity index (χ0v) is 18.1. The van der Waals surface area contributed by atoms with Crippen molar-refractivity contribution in [3.8, 4) is 6.07 Å². The normalized spacial score (nSPS) is 14.5. The molecule has 0 atom stereocenters. The lowest BCUT2D eigenvalue weighted by atomic mass is 10.0. The Hall–Kier alpha value is -2.75. The van der Waals surface area contributed by atoms with Crippen LogP contribution in [0.25, 0.3) is 0 Å². The van der Waals surface area contributed by atoms with E-state index < -0.39 is 5.60 Å². The first kappa shape index (κ1) is 22.5. The van der Waals surface area contributed by atoms with Crippen LogP contribution in [0.15, 0.2) is 18.2 Å². The highest BCUT2D eigenvalue weighted by Crippen LogP contribution is 2.26. The Morgan fingerprint density at radius 1 is 1.17 bits per heavy atom. The van der Waals surface area contributed by atoms with Crippen LogP contribution in [0.3, 0.4) is 0 Å². The summed E-state index contributed by atoms with van der Waals surface area (Å²) in [6.07, 6.45) is 1.26. The number of hydrogen-bond donors (Lipinski definition) is 1. The highest BCUT2D eigenvalue weighted by Gasteiger charge is 2.27. The van der Waals surface area contributed by atoms with Crippen molar-refractivity contribution in [2.75, 3.05) is 36.4 Å². The summed E-state index contributed by atoms with van der Waals surface area (Å²) in [6, 6.07) is 7.64. The number of carbonyl (C=O) groups excluding carboxylic acids is 2. The molecule has 0 aliphatic carbocycles. The van der Waals surface area contributed by atoms with Gasteiger partial charge >= 0.3 is 6.09 Å². The minimum atomic E-state index is -0.517. The minimum Gasteiger partial charge on any atom is -0.444 e. The summed E-state index contributed by atoms with van der Waals surface area (Å²) >= 11 is 0. The van der Waals surface area contributed by atoms with E-state index in [1.807, 2.05) is 46.8 Å². The number of amides is 2. The Kier molecular flexibility index (Phi) is 7.49. The molecule has 158 valence electrons. The quantitative estimate of drug-likeness (QED) is 0.808. The Balaban J connectivity index is 2.04. The zero-order chi connectivity index (χ0) is 21.6. The number of nitrogens with zero attached hydrogens (tertiary/aromatic N) is 3. The van der Waals surface area contributed by atoms with Gasteiger partial charge in [-0.1, -0.05) is 13.8 Å². The molecule has 0 unspecified atom stereocenters. The first-order chi connectivity index (χ1) is 13.7. The molecule has 1 heterocycles. The van der Waals surface area contributed by atoms with Crippen molar-refractivity contribution in [1.82, 2.24) is 4.90 Å². The zero-order valence-electron chi connectivity index (χ0n) is 18.1. The van der Waals surface area contributed by atoms with Crippen LogP contribution in [-0.4, -0.2) is 48.7 Å². The van der Waals surface area contributed by atoms with Crippen molar-refractivity contribution in [3.05, 3.63) is 23.8 Å². The molecule has 0 radical (unpaired) electrons. The fourth-order valence-electron chi connectivity index (χ4n) is 3.34. The number of carbonyl (C=O) groups is 2. The largest absolute Gasteiger partial charge is 0.444 e. The number of piperazine rings is 1. The third-order valence-corrected chi connectivity index (χ3v) is 5.01. The molecule has 2 amide bonds. The van der Waals surface area contributed by atoms with Gasteiger partial charge in [-0.25, -0.2) is 4.79 Å². The Labute approximate surface area is 173 Å². The number of benzene rings is 1. The SMILES string of the molecule is CCC(CC)C(=O)Nc1ccc(N2CCN(C(=O)OC(C)(C)C)CC2)c(C#N)c1. The van der Waals surface area contributed by atoms with Gasteiger partial charge in [0.1, 0.15) is 11.7 Å². The third kappa shape index (κ3) is 6.11. The third-order valence-electron chi connectivity index (χ3n) is 5.01. The Morgan fingerprint density at radius 3 is 2.31 bits per heavy atom. The van der Waals surface area contributed by atoms with Crippen molar-refractivity contribution in [1.29, 1.82) is 5.26 Å². The average Bonchev–Trinajstić information content (AvgIpc) is 2.67. The van der Waals surface area contributed by atoms with Crippen molar-refractivity contribution in [2.45, 2.75) is 53.1 Å². The first-order valence-corrected chi connectivity index (χ1v) is 10.3. The summed E-state index contributed by atoms with van der Waals surface area (Å²) in [5, 5.41) is 12.5. The molecule has 1 fully saturated rings. The van der Waals surface area contributed by atoms with E-state index >= 15 is 0 Å². The summed E-state index contributed by atoms with van der Waals surface area (Å²) < 4.78 is 5.43. The van der Waals surface area contributed by atoms with E-state index in [0.717, 1.165) is 18.5 Å². The maximum absolute atomic E-state index is 12.3. The molecule has 0 aromatic heterocycles. The van der Waals surface area contributed by atoms with E-state index in [1.54, 1.807) is 11.0 Å². The van der Waals surface area contributed by atoms with Crippen LogP contribution in [0.1, 0.15) is 53.0 Å². The second-order valence-electron chi connectivity index (χ2n) is 8.30. The van der Waals surface area contributed by atoms with Gasteiger partial charge in [0.25, 0.3) is 0 Å². The van der Waals surface area contributed by atoms with Gasteiger partial charge in [0.05, 0.1) is 11.3 Å². The van der Waals surface area contributed by atoms with E-state index in [0.29, 0.717) is 37.4 Å². The molecule has 2 rings (SSSR count). The van der Waals surface area contributed by atoms with E-state index in [1.165, 1.54) is 0 Å². The van der Waals surface area contributed by atoms with E-state index in [9.17, 15) is 14.9 Å². The fraction of sp³-hybridized carbons (Fsp3) is 0.591. The van der Waals surface area contributed by atoms with Gasteiger partial charge in [-0.05, 0) is 51.8 Å². The molecule has 0 saturated carbocycles. The number of nitrogens with one attached hydrogen (secondary N) is 1. The lowest BCUT2D eigenvalue weighted by Gasteiger charge is -2.37. The van der Waals surface area contributed by atoms with Gasteiger partial charge in [-0.3, -0.25) is 4.79 Å². The second kappa shape index (κ2) is 9.64. The molecule has 1 aliphatic rings. The molecule has 7 nitrogen and oxygen atoms in total. The van der Waals surface area contributed by atoms with Crippen molar-refractivity contribution >= 4 is 23.4 Å². The van der Waals surface area contributed by atoms with E-state index in [-0.39, 0.29) is 17.9 Å². The van der Waals surface area contributed by atoms with Crippen LogP contribution in [0, 0.1) is 17.2 Å². The molecule has 1 saturated heterocycles. The predicted molar refractivity (Wildman–Crippen MR) is 114 cm³/mol. The van der Waals surface area contributed by atoms with Crippen LogP contribution in [0.4, 0.5) is 16.2 Å². The molecule has 0 bridgehead atoms. The molecular weight excluding hydrogens is 368 g/mol. The number of nitriles is 1. The van der Waals surface area contributed by atoms with Gasteiger partial charge in [0.15, 0.2) is 0 Å². The van der Waals surface area contributed by atoms with Crippen molar-refractivity contribution in [2.24, 2.45) is 5.92 Å². The highest BCUT2D eigenvalue weighted by atomic mass is 16.6. The van der Waals surface area contributed by atoms with Crippen LogP contribution in [0.2, 0.25) is 0 Å². The molecule has 7 heteroatoms. The maximum Gasteiger partial charge on any atom is 0.410 e. The smallest absolute Gasteiger partial charge is 0.410 e. The van der Waals surface area contributed by atoms with Crippen LogP contribution >= 0.6 is 0 Å². The van der Waals surface area contributed by atoms with Crippen LogP contribution in [-0.2, 0) is 9.53 Å². The monoisotopic (exact) mass is 400 g/mol.